The summed E-state index contributed by atoms with van der Waals surface area (Å²) in [5.74, 6) is -0.982. The summed E-state index contributed by atoms with van der Waals surface area (Å²) in [6, 6.07) is 17.8. The Morgan fingerprint density at radius 1 is 0.881 bits per heavy atom. The van der Waals surface area contributed by atoms with Crippen molar-refractivity contribution < 1.29 is 18.0 Å². The number of amides is 2. The molecule has 1 saturated carbocycles. The molecule has 42 heavy (non-hydrogen) atoms. The van der Waals surface area contributed by atoms with Gasteiger partial charge in [-0.3, -0.25) is 13.9 Å². The largest absolute Gasteiger partial charge is 0.352 e. The van der Waals surface area contributed by atoms with Gasteiger partial charge in [0, 0.05) is 34.6 Å². The Hall–Kier alpha value is -2.49. The van der Waals surface area contributed by atoms with Gasteiger partial charge in [-0.2, -0.15) is 0 Å². The second-order valence-corrected chi connectivity index (χ2v) is 13.8. The Morgan fingerprint density at radius 2 is 1.48 bits per heavy atom. The van der Waals surface area contributed by atoms with Crippen molar-refractivity contribution in [1.82, 2.24) is 10.2 Å². The highest BCUT2D eigenvalue weighted by molar-refractivity contribution is 7.92. The molecule has 224 valence electrons. The molecule has 0 saturated heterocycles. The molecule has 1 N–H and O–H groups in total. The van der Waals surface area contributed by atoms with Crippen LogP contribution in [0.4, 0.5) is 5.69 Å². The van der Waals surface area contributed by atoms with Crippen molar-refractivity contribution in [3.05, 3.63) is 97.9 Å². The van der Waals surface area contributed by atoms with Crippen LogP contribution in [0.3, 0.4) is 0 Å². The maximum absolute atomic E-state index is 14.2. The van der Waals surface area contributed by atoms with Gasteiger partial charge in [-0.1, -0.05) is 102 Å². The minimum absolute atomic E-state index is 0.00517. The molecule has 0 bridgehead atoms. The second kappa shape index (κ2) is 14.3. The van der Waals surface area contributed by atoms with E-state index < -0.39 is 28.5 Å². The number of nitrogens with zero attached hydrogens (tertiary/aromatic N) is 2. The average Bonchev–Trinajstić information content (AvgIpc) is 3.45. The summed E-state index contributed by atoms with van der Waals surface area (Å²) < 4.78 is 26.8. The van der Waals surface area contributed by atoms with Crippen LogP contribution in [0.2, 0.25) is 20.1 Å². The molecular formula is C30H31Cl4N3O4S. The molecule has 3 aromatic carbocycles. The van der Waals surface area contributed by atoms with Gasteiger partial charge in [0.2, 0.25) is 21.8 Å². The first kappa shape index (κ1) is 32.4. The Balaban J connectivity index is 1.78. The van der Waals surface area contributed by atoms with Crippen LogP contribution in [0.25, 0.3) is 0 Å². The zero-order valence-corrected chi connectivity index (χ0v) is 26.7. The van der Waals surface area contributed by atoms with E-state index in [0.29, 0.717) is 15.6 Å². The lowest BCUT2D eigenvalue weighted by atomic mass is 10.0. The van der Waals surface area contributed by atoms with Crippen LogP contribution in [0.1, 0.15) is 36.8 Å². The lowest BCUT2D eigenvalue weighted by Crippen LogP contribution is -2.54. The van der Waals surface area contributed by atoms with E-state index in [1.807, 2.05) is 30.3 Å². The molecule has 1 fully saturated rings. The van der Waals surface area contributed by atoms with Gasteiger partial charge in [-0.25, -0.2) is 8.42 Å². The maximum Gasteiger partial charge on any atom is 0.244 e. The van der Waals surface area contributed by atoms with E-state index in [-0.39, 0.29) is 40.6 Å². The zero-order valence-electron chi connectivity index (χ0n) is 22.9. The molecule has 1 aliphatic carbocycles. The van der Waals surface area contributed by atoms with E-state index in [4.69, 9.17) is 46.4 Å². The first-order valence-corrected chi connectivity index (χ1v) is 16.8. The van der Waals surface area contributed by atoms with E-state index in [2.05, 4.69) is 5.32 Å². The van der Waals surface area contributed by atoms with E-state index >= 15 is 0 Å². The SMILES string of the molecule is CS(=O)(=O)N(CC(=O)N(Cc1c(Cl)cccc1Cl)[C@H](Cc1ccccc1)C(=O)NC1CCCC1)c1cccc(Cl)c1Cl. The number of halogens is 4. The van der Waals surface area contributed by atoms with Crippen LogP contribution in [-0.4, -0.2) is 50.0 Å². The van der Waals surface area contributed by atoms with Crippen LogP contribution in [0, 0.1) is 0 Å². The van der Waals surface area contributed by atoms with Gasteiger partial charge in [0.05, 0.1) is 22.0 Å². The van der Waals surface area contributed by atoms with E-state index in [1.165, 1.54) is 17.0 Å². The summed E-state index contributed by atoms with van der Waals surface area (Å²) in [7, 11) is -4.01. The number of anilines is 1. The topological polar surface area (TPSA) is 86.8 Å². The lowest BCUT2D eigenvalue weighted by molar-refractivity contribution is -0.140. The normalized spacial score (nSPS) is 14.4. The molecule has 0 spiro atoms. The van der Waals surface area contributed by atoms with E-state index in [1.54, 1.807) is 24.3 Å². The molecule has 0 unspecified atom stereocenters. The Labute approximate surface area is 266 Å². The average molecular weight is 671 g/mol. The van der Waals surface area contributed by atoms with Crippen molar-refractivity contribution >= 4 is 73.9 Å². The number of carbonyl (C=O) groups is 2. The van der Waals surface area contributed by atoms with Crippen molar-refractivity contribution in [2.75, 3.05) is 17.1 Å². The molecule has 12 heteroatoms. The van der Waals surface area contributed by atoms with Gasteiger partial charge in [0.25, 0.3) is 0 Å². The van der Waals surface area contributed by atoms with Gasteiger partial charge in [-0.05, 0) is 42.7 Å². The number of hydrogen-bond donors (Lipinski definition) is 1. The molecule has 1 aliphatic rings. The molecule has 4 rings (SSSR count). The van der Waals surface area contributed by atoms with Crippen molar-refractivity contribution in [3.63, 3.8) is 0 Å². The standard InChI is InChI=1S/C30H31Cl4N3O4S/c1-42(40,41)37(26-16-8-15-25(33)29(26)34)19-28(38)36(18-22-23(31)13-7-14-24(22)32)27(17-20-9-3-2-4-10-20)30(39)35-21-11-5-6-12-21/h2-4,7-10,13-16,21,27H,5-6,11-12,17-19H2,1H3,(H,35,39)/t27-/m1/s1. The molecule has 3 aromatic rings. The molecule has 0 heterocycles. The van der Waals surface area contributed by atoms with Gasteiger partial charge in [0.15, 0.2) is 0 Å². The third-order valence-electron chi connectivity index (χ3n) is 7.24. The zero-order chi connectivity index (χ0) is 30.4. The number of carbonyl (C=O) groups excluding carboxylic acids is 2. The summed E-state index contributed by atoms with van der Waals surface area (Å²) in [5, 5.41) is 3.85. The van der Waals surface area contributed by atoms with Crippen molar-refractivity contribution in [3.8, 4) is 0 Å². The monoisotopic (exact) mass is 669 g/mol. The third kappa shape index (κ3) is 8.11. The van der Waals surface area contributed by atoms with Crippen molar-refractivity contribution in [1.29, 1.82) is 0 Å². The number of nitrogens with one attached hydrogen (secondary N) is 1. The number of sulfonamides is 1. The fourth-order valence-corrected chi connectivity index (χ4v) is 6.87. The highest BCUT2D eigenvalue weighted by Crippen LogP contribution is 2.34. The lowest BCUT2D eigenvalue weighted by Gasteiger charge is -2.34. The molecule has 7 nitrogen and oxygen atoms in total. The van der Waals surface area contributed by atoms with Crippen LogP contribution in [-0.2, 0) is 32.6 Å². The van der Waals surface area contributed by atoms with Crippen LogP contribution in [0.15, 0.2) is 66.7 Å². The van der Waals surface area contributed by atoms with Crippen LogP contribution in [0.5, 0.6) is 0 Å². The maximum atomic E-state index is 14.2. The van der Waals surface area contributed by atoms with Crippen LogP contribution < -0.4 is 9.62 Å². The Bertz CT molecular complexity index is 1510. The first-order valence-electron chi connectivity index (χ1n) is 13.4. The fraction of sp³-hybridized carbons (Fsp3) is 0.333. The van der Waals surface area contributed by atoms with E-state index in [9.17, 15) is 18.0 Å². The first-order chi connectivity index (χ1) is 20.0. The van der Waals surface area contributed by atoms with Crippen molar-refractivity contribution in [2.24, 2.45) is 0 Å². The summed E-state index contributed by atoms with van der Waals surface area (Å²) in [6.07, 6.45) is 4.88. The quantitative estimate of drug-likeness (QED) is 0.244. The van der Waals surface area contributed by atoms with Gasteiger partial charge in [0.1, 0.15) is 12.6 Å². The molecular weight excluding hydrogens is 640 g/mol. The molecule has 2 amide bonds. The highest BCUT2D eigenvalue weighted by Gasteiger charge is 2.35. The van der Waals surface area contributed by atoms with Gasteiger partial charge >= 0.3 is 0 Å². The summed E-state index contributed by atoms with van der Waals surface area (Å²) in [6.45, 7) is -0.767. The Kier molecular flexibility index (Phi) is 11.1. The number of benzene rings is 3. The molecule has 0 aromatic heterocycles. The molecule has 0 aliphatic heterocycles. The Morgan fingerprint density at radius 3 is 2.10 bits per heavy atom. The highest BCUT2D eigenvalue weighted by atomic mass is 35.5. The summed E-state index contributed by atoms with van der Waals surface area (Å²) in [5.41, 5.74) is 1.31. The van der Waals surface area contributed by atoms with Gasteiger partial charge < -0.3 is 10.2 Å². The molecule has 1 atom stereocenters. The fourth-order valence-electron chi connectivity index (χ4n) is 5.06. The minimum atomic E-state index is -4.01. The number of hydrogen-bond acceptors (Lipinski definition) is 4. The summed E-state index contributed by atoms with van der Waals surface area (Å²) >= 11 is 25.6. The second-order valence-electron chi connectivity index (χ2n) is 10.3. The number of rotatable bonds is 11. The van der Waals surface area contributed by atoms with Crippen LogP contribution >= 0.6 is 46.4 Å². The predicted molar refractivity (Wildman–Crippen MR) is 170 cm³/mol. The van der Waals surface area contributed by atoms with Gasteiger partial charge in [-0.15, -0.1) is 0 Å². The third-order valence-corrected chi connectivity index (χ3v) is 9.89. The smallest absolute Gasteiger partial charge is 0.244 e. The molecule has 0 radical (unpaired) electrons. The van der Waals surface area contributed by atoms with E-state index in [0.717, 1.165) is 41.8 Å². The predicted octanol–water partition coefficient (Wildman–Crippen LogP) is 6.77. The minimum Gasteiger partial charge on any atom is -0.352 e. The van der Waals surface area contributed by atoms with Crippen molar-refractivity contribution in [2.45, 2.75) is 50.7 Å². The summed E-state index contributed by atoms with van der Waals surface area (Å²) in [4.78, 5) is 29.5.